The number of piperidine rings is 1. The second-order valence-corrected chi connectivity index (χ2v) is 3.36. The molecule has 7 heteroatoms. The number of hydrogen-bond donors (Lipinski definition) is 2. The lowest BCUT2D eigenvalue weighted by molar-refractivity contribution is -0.192. The first-order valence-corrected chi connectivity index (χ1v) is 4.75. The zero-order valence-electron chi connectivity index (χ0n) is 8.55. The van der Waals surface area contributed by atoms with E-state index >= 15 is 0 Å². The van der Waals surface area contributed by atoms with Crippen LogP contribution in [-0.2, 0) is 4.79 Å². The van der Waals surface area contributed by atoms with Gasteiger partial charge in [-0.05, 0) is 31.8 Å². The fourth-order valence-corrected chi connectivity index (χ4v) is 1.21. The molecule has 0 amide bonds. The molecule has 1 rings (SSSR count). The number of aliphatic carboxylic acids is 1. The summed E-state index contributed by atoms with van der Waals surface area (Å²) in [5.74, 6) is -2.08. The van der Waals surface area contributed by atoms with Crippen LogP contribution in [0.3, 0.4) is 0 Å². The number of nitriles is 1. The molecule has 0 spiro atoms. The highest BCUT2D eigenvalue weighted by Gasteiger charge is 2.38. The summed E-state index contributed by atoms with van der Waals surface area (Å²) in [6, 6.07) is 2.21. The Hall–Kier alpha value is -1.29. The summed E-state index contributed by atoms with van der Waals surface area (Å²) in [5.41, 5.74) is 0. The van der Waals surface area contributed by atoms with E-state index < -0.39 is 12.1 Å². The summed E-state index contributed by atoms with van der Waals surface area (Å²) in [6.07, 6.45) is -1.96. The van der Waals surface area contributed by atoms with Crippen molar-refractivity contribution >= 4 is 5.97 Å². The molecule has 0 unspecified atom stereocenters. The summed E-state index contributed by atoms with van der Waals surface area (Å²) >= 11 is 0. The molecule has 1 fully saturated rings. The Balaban J connectivity index is 0.000000293. The summed E-state index contributed by atoms with van der Waals surface area (Å²) in [4.78, 5) is 8.90. The fourth-order valence-electron chi connectivity index (χ4n) is 1.21. The van der Waals surface area contributed by atoms with Gasteiger partial charge < -0.3 is 10.4 Å². The molecule has 0 aliphatic carbocycles. The molecule has 1 saturated heterocycles. The Kier molecular flexibility index (Phi) is 6.49. The predicted molar refractivity (Wildman–Crippen MR) is 49.5 cm³/mol. The Morgan fingerprint density at radius 3 is 2.19 bits per heavy atom. The molecule has 0 saturated carbocycles. The first-order valence-electron chi connectivity index (χ1n) is 4.75. The predicted octanol–water partition coefficient (Wildman–Crippen LogP) is 1.53. The van der Waals surface area contributed by atoms with E-state index in [-0.39, 0.29) is 0 Å². The van der Waals surface area contributed by atoms with Crippen LogP contribution in [-0.4, -0.2) is 30.3 Å². The fraction of sp³-hybridized carbons (Fsp3) is 0.778. The van der Waals surface area contributed by atoms with E-state index in [1.165, 1.54) is 12.8 Å². The number of carboxylic acid groups (broad SMARTS) is 1. The van der Waals surface area contributed by atoms with E-state index in [0.717, 1.165) is 19.5 Å². The quantitative estimate of drug-likeness (QED) is 0.726. The van der Waals surface area contributed by atoms with Gasteiger partial charge in [0.25, 0.3) is 0 Å². The molecule has 0 atom stereocenters. The van der Waals surface area contributed by atoms with Crippen LogP contribution in [0.5, 0.6) is 0 Å². The zero-order chi connectivity index (χ0) is 12.6. The van der Waals surface area contributed by atoms with Gasteiger partial charge >= 0.3 is 12.1 Å². The Bertz CT molecular complexity index is 254. The van der Waals surface area contributed by atoms with Gasteiger partial charge in [-0.2, -0.15) is 18.4 Å². The lowest BCUT2D eigenvalue weighted by Gasteiger charge is -2.19. The van der Waals surface area contributed by atoms with Crippen LogP contribution in [0.2, 0.25) is 0 Å². The van der Waals surface area contributed by atoms with Crippen LogP contribution in [0.15, 0.2) is 0 Å². The molecule has 0 radical (unpaired) electrons. The van der Waals surface area contributed by atoms with E-state index in [2.05, 4.69) is 11.4 Å². The Morgan fingerprint density at radius 1 is 1.44 bits per heavy atom. The molecule has 1 heterocycles. The van der Waals surface area contributed by atoms with Crippen LogP contribution in [0, 0.1) is 17.2 Å². The van der Waals surface area contributed by atoms with Gasteiger partial charge in [-0.1, -0.05) is 0 Å². The van der Waals surface area contributed by atoms with Gasteiger partial charge in [0.15, 0.2) is 0 Å². The highest BCUT2D eigenvalue weighted by atomic mass is 19.4. The number of halogens is 3. The summed E-state index contributed by atoms with van der Waals surface area (Å²) in [7, 11) is 0. The maximum atomic E-state index is 10.6. The number of carbonyl (C=O) groups is 1. The maximum absolute atomic E-state index is 10.6. The second kappa shape index (κ2) is 7.06. The van der Waals surface area contributed by atoms with E-state index in [9.17, 15) is 13.2 Å². The first kappa shape index (κ1) is 14.7. The largest absolute Gasteiger partial charge is 0.490 e. The Labute approximate surface area is 91.1 Å². The van der Waals surface area contributed by atoms with E-state index in [4.69, 9.17) is 15.2 Å². The van der Waals surface area contributed by atoms with Crippen molar-refractivity contribution in [3.05, 3.63) is 0 Å². The summed E-state index contributed by atoms with van der Waals surface area (Å²) in [5, 5.41) is 18.7. The summed E-state index contributed by atoms with van der Waals surface area (Å²) in [6.45, 7) is 2.21. The van der Waals surface area contributed by atoms with Crippen molar-refractivity contribution in [2.24, 2.45) is 5.92 Å². The van der Waals surface area contributed by atoms with Crippen LogP contribution in [0.1, 0.15) is 19.3 Å². The van der Waals surface area contributed by atoms with Crippen LogP contribution < -0.4 is 5.32 Å². The van der Waals surface area contributed by atoms with Gasteiger partial charge in [0, 0.05) is 6.42 Å². The van der Waals surface area contributed by atoms with Crippen molar-refractivity contribution in [1.82, 2.24) is 5.32 Å². The van der Waals surface area contributed by atoms with Crippen LogP contribution in [0.4, 0.5) is 13.2 Å². The van der Waals surface area contributed by atoms with E-state index in [1.54, 1.807) is 0 Å². The van der Waals surface area contributed by atoms with Gasteiger partial charge in [0.1, 0.15) is 0 Å². The highest BCUT2D eigenvalue weighted by Crippen LogP contribution is 2.14. The maximum Gasteiger partial charge on any atom is 0.490 e. The highest BCUT2D eigenvalue weighted by molar-refractivity contribution is 5.73. The van der Waals surface area contributed by atoms with Crippen molar-refractivity contribution in [3.63, 3.8) is 0 Å². The van der Waals surface area contributed by atoms with Gasteiger partial charge in [-0.25, -0.2) is 4.79 Å². The Morgan fingerprint density at radius 2 is 1.88 bits per heavy atom. The van der Waals surface area contributed by atoms with Crippen molar-refractivity contribution in [1.29, 1.82) is 5.26 Å². The average molecular weight is 238 g/mol. The molecule has 92 valence electrons. The minimum Gasteiger partial charge on any atom is -0.475 e. The summed E-state index contributed by atoms with van der Waals surface area (Å²) < 4.78 is 31.7. The molecule has 0 aromatic rings. The van der Waals surface area contributed by atoms with Gasteiger partial charge in [-0.3, -0.25) is 0 Å². The van der Waals surface area contributed by atoms with Gasteiger partial charge in [0.05, 0.1) is 6.07 Å². The van der Waals surface area contributed by atoms with Crippen LogP contribution in [0.25, 0.3) is 0 Å². The molecule has 0 bridgehead atoms. The molecule has 2 N–H and O–H groups in total. The SMILES string of the molecule is N#CCC1CCNCC1.O=C(O)C(F)(F)F. The molecule has 4 nitrogen and oxygen atoms in total. The third-order valence-electron chi connectivity index (χ3n) is 2.08. The molecule has 1 aliphatic heterocycles. The van der Waals surface area contributed by atoms with Crippen molar-refractivity contribution in [2.75, 3.05) is 13.1 Å². The smallest absolute Gasteiger partial charge is 0.475 e. The number of nitrogens with zero attached hydrogens (tertiary/aromatic N) is 1. The number of nitrogens with one attached hydrogen (secondary N) is 1. The van der Waals surface area contributed by atoms with Crippen molar-refractivity contribution in [2.45, 2.75) is 25.4 Å². The molecule has 0 aromatic carbocycles. The van der Waals surface area contributed by atoms with Gasteiger partial charge in [-0.15, -0.1) is 0 Å². The lowest BCUT2D eigenvalue weighted by atomic mass is 9.96. The molecule has 1 aliphatic rings. The minimum absolute atomic E-state index is 0.677. The number of carboxylic acids is 1. The standard InChI is InChI=1S/C7H12N2.C2HF3O2/c8-4-1-7-2-5-9-6-3-7;3-2(4,5)1(6)7/h7,9H,1-3,5-6H2;(H,6,7). The van der Waals surface area contributed by atoms with E-state index in [1.807, 2.05) is 0 Å². The molecule has 0 aromatic heterocycles. The molecule has 16 heavy (non-hydrogen) atoms. The molecular formula is C9H13F3N2O2. The normalized spacial score (nSPS) is 16.9. The number of alkyl halides is 3. The molecular weight excluding hydrogens is 225 g/mol. The average Bonchev–Trinajstić information content (AvgIpc) is 2.19. The minimum atomic E-state index is -5.08. The monoisotopic (exact) mass is 238 g/mol. The van der Waals surface area contributed by atoms with E-state index in [0.29, 0.717) is 5.92 Å². The first-order chi connectivity index (χ1) is 7.38. The third kappa shape index (κ3) is 7.06. The number of hydrogen-bond acceptors (Lipinski definition) is 3. The lowest BCUT2D eigenvalue weighted by Crippen LogP contribution is -2.27. The van der Waals surface area contributed by atoms with Crippen molar-refractivity contribution in [3.8, 4) is 6.07 Å². The van der Waals surface area contributed by atoms with Crippen molar-refractivity contribution < 1.29 is 23.1 Å². The topological polar surface area (TPSA) is 73.1 Å². The third-order valence-corrected chi connectivity index (χ3v) is 2.08. The second-order valence-electron chi connectivity index (χ2n) is 3.36. The van der Waals surface area contributed by atoms with Gasteiger partial charge in [0.2, 0.25) is 0 Å². The number of rotatable bonds is 1. The van der Waals surface area contributed by atoms with Crippen LogP contribution >= 0.6 is 0 Å². The zero-order valence-corrected chi connectivity index (χ0v) is 8.55.